The van der Waals surface area contributed by atoms with E-state index in [0.717, 1.165) is 6.42 Å². The summed E-state index contributed by atoms with van der Waals surface area (Å²) in [4.78, 5) is 39.8. The summed E-state index contributed by atoms with van der Waals surface area (Å²) in [5, 5.41) is 2.49. The number of carbonyl (C=O) groups excluding carboxylic acids is 3. The Morgan fingerprint density at radius 1 is 1.06 bits per heavy atom. The van der Waals surface area contributed by atoms with Gasteiger partial charge in [-0.25, -0.2) is 13.2 Å². The van der Waals surface area contributed by atoms with Gasteiger partial charge in [-0.2, -0.15) is 4.31 Å². The molecule has 2 heterocycles. The number of nitrogens with one attached hydrogen (secondary N) is 2. The molecule has 4 atom stereocenters. The molecule has 1 saturated carbocycles. The maximum absolute atomic E-state index is 13.0. The molecule has 0 aromatic heterocycles. The third-order valence-corrected chi connectivity index (χ3v) is 9.52. The van der Waals surface area contributed by atoms with Crippen LogP contribution in [0.15, 0.2) is 41.3 Å². The predicted molar refractivity (Wildman–Crippen MR) is 121 cm³/mol. The zero-order valence-electron chi connectivity index (χ0n) is 19.0. The largest absolute Gasteiger partial charge is 0.453 e. The summed E-state index contributed by atoms with van der Waals surface area (Å²) in [5.74, 6) is 0.0170. The molecule has 1 aromatic rings. The van der Waals surface area contributed by atoms with Crippen LogP contribution in [-0.4, -0.2) is 81.9 Å². The fourth-order valence-electron chi connectivity index (χ4n) is 5.78. The van der Waals surface area contributed by atoms with Gasteiger partial charge in [0.25, 0.3) is 0 Å². The molecule has 0 radical (unpaired) electrons. The van der Waals surface area contributed by atoms with E-state index < -0.39 is 16.1 Å². The molecule has 1 aromatic carbocycles. The summed E-state index contributed by atoms with van der Waals surface area (Å²) in [6, 6.07) is 5.96. The van der Waals surface area contributed by atoms with Gasteiger partial charge in [-0.15, -0.1) is 0 Å². The summed E-state index contributed by atoms with van der Waals surface area (Å²) in [6.07, 6.45) is 4.48. The highest BCUT2D eigenvalue weighted by molar-refractivity contribution is 7.89. The maximum atomic E-state index is 13.0. The second kappa shape index (κ2) is 8.79. The van der Waals surface area contributed by atoms with Crippen molar-refractivity contribution in [2.24, 2.45) is 23.7 Å². The van der Waals surface area contributed by atoms with E-state index in [0.29, 0.717) is 45.0 Å². The van der Waals surface area contributed by atoms with Crippen LogP contribution in [-0.2, 0) is 24.3 Å². The number of rotatable bonds is 6. The van der Waals surface area contributed by atoms with Crippen molar-refractivity contribution in [2.45, 2.75) is 11.3 Å². The van der Waals surface area contributed by atoms with E-state index in [4.69, 9.17) is 0 Å². The van der Waals surface area contributed by atoms with Gasteiger partial charge in [0.05, 0.1) is 63.1 Å². The minimum absolute atomic E-state index is 0.0300. The minimum atomic E-state index is -3.65. The van der Waals surface area contributed by atoms with Gasteiger partial charge in [-0.3, -0.25) is 19.8 Å². The monoisotopic (exact) mass is 489 g/mol. The van der Waals surface area contributed by atoms with Crippen LogP contribution in [0.4, 0.5) is 10.5 Å². The number of hydrogen-bond acceptors (Lipinski definition) is 6. The van der Waals surface area contributed by atoms with Crippen LogP contribution < -0.4 is 10.2 Å². The number of benzene rings is 1. The van der Waals surface area contributed by atoms with Crippen molar-refractivity contribution in [1.29, 1.82) is 0 Å². The first-order valence-electron chi connectivity index (χ1n) is 11.6. The second-order valence-electron chi connectivity index (χ2n) is 9.37. The second-order valence-corrected chi connectivity index (χ2v) is 11.3. The van der Waals surface area contributed by atoms with Crippen molar-refractivity contribution in [3.8, 4) is 0 Å². The highest BCUT2D eigenvalue weighted by atomic mass is 32.2. The molecule has 2 aliphatic heterocycles. The fourth-order valence-corrected chi connectivity index (χ4v) is 7.22. The number of imide groups is 1. The number of sulfonamides is 1. The Kier molecular flexibility index (Phi) is 5.95. The van der Waals surface area contributed by atoms with E-state index in [2.05, 4.69) is 22.2 Å². The molecule has 11 heteroatoms. The maximum Gasteiger partial charge on any atom is 0.411 e. The van der Waals surface area contributed by atoms with Crippen molar-refractivity contribution in [3.63, 3.8) is 0 Å². The van der Waals surface area contributed by atoms with Crippen molar-refractivity contribution in [3.05, 3.63) is 36.4 Å². The summed E-state index contributed by atoms with van der Waals surface area (Å²) < 4.78 is 32.0. The Hall–Kier alpha value is -2.76. The molecule has 5 rings (SSSR count). The van der Waals surface area contributed by atoms with Gasteiger partial charge in [0.1, 0.15) is 0 Å². The highest BCUT2D eigenvalue weighted by Crippen LogP contribution is 2.52. The Labute approximate surface area is 198 Å². The molecule has 182 valence electrons. The molecule has 0 spiro atoms. The van der Waals surface area contributed by atoms with Gasteiger partial charge < -0.3 is 9.64 Å². The van der Waals surface area contributed by atoms with Crippen molar-refractivity contribution < 1.29 is 32.4 Å². The molecule has 3 fully saturated rings. The Morgan fingerprint density at radius 2 is 1.65 bits per heavy atom. The van der Waals surface area contributed by atoms with Crippen LogP contribution in [0.1, 0.15) is 6.42 Å². The molecular weight excluding hydrogens is 460 g/mol. The number of methoxy groups -OCH3 is 1. The highest BCUT2D eigenvalue weighted by Gasteiger charge is 2.59. The fraction of sp³-hybridized carbons (Fsp3) is 0.522. The number of ether oxygens (including phenoxy) is 1. The van der Waals surface area contributed by atoms with Crippen LogP contribution in [0.3, 0.4) is 0 Å². The van der Waals surface area contributed by atoms with Crippen LogP contribution in [0.5, 0.6) is 0 Å². The standard InChI is InChI=1S/C23H28N4O6S/c1-33-23(30)24-17-4-6-18(7-5-17)34(31,32)26-11-8-25(9-12-26)10-13-27-21(28)19-15-2-3-16(14-15)20(19)22(27)29/h2-7,15-16,19-20H,8-14H2,1H3,(H,24,30)/p+1/t15-,16+,19+,20-. The molecule has 2 saturated heterocycles. The molecule has 4 aliphatic rings. The van der Waals surface area contributed by atoms with E-state index >= 15 is 0 Å². The lowest BCUT2D eigenvalue weighted by molar-refractivity contribution is -0.902. The Bertz CT molecular complexity index is 1100. The van der Waals surface area contributed by atoms with Crippen LogP contribution in [0.2, 0.25) is 0 Å². The number of likely N-dealkylation sites (tertiary alicyclic amines) is 1. The van der Waals surface area contributed by atoms with Crippen LogP contribution in [0.25, 0.3) is 0 Å². The van der Waals surface area contributed by atoms with E-state index in [1.807, 2.05) is 0 Å². The number of piperazine rings is 1. The van der Waals surface area contributed by atoms with Gasteiger partial charge in [0.15, 0.2) is 0 Å². The van der Waals surface area contributed by atoms with Crippen molar-refractivity contribution >= 4 is 33.6 Å². The molecule has 2 bridgehead atoms. The summed E-state index contributed by atoms with van der Waals surface area (Å²) in [5.41, 5.74) is 0.444. The molecule has 10 nitrogen and oxygen atoms in total. The van der Waals surface area contributed by atoms with E-state index in [1.165, 1.54) is 45.5 Å². The molecule has 0 unspecified atom stereocenters. The first-order chi connectivity index (χ1) is 16.3. The average molecular weight is 490 g/mol. The molecule has 3 amide bonds. The minimum Gasteiger partial charge on any atom is -0.453 e. The number of hydrogen-bond donors (Lipinski definition) is 2. The number of allylic oxidation sites excluding steroid dienone is 2. The molecule has 2 N–H and O–H groups in total. The Morgan fingerprint density at radius 3 is 2.21 bits per heavy atom. The number of nitrogens with zero attached hydrogens (tertiary/aromatic N) is 2. The number of amides is 3. The normalized spacial score (nSPS) is 29.0. The van der Waals surface area contributed by atoms with Gasteiger partial charge in [-0.1, -0.05) is 12.2 Å². The number of anilines is 1. The van der Waals surface area contributed by atoms with E-state index in [9.17, 15) is 22.8 Å². The van der Waals surface area contributed by atoms with Crippen LogP contribution >= 0.6 is 0 Å². The summed E-state index contributed by atoms with van der Waals surface area (Å²) in [7, 11) is -2.40. The number of quaternary nitrogens is 1. The predicted octanol–water partition coefficient (Wildman–Crippen LogP) is -0.439. The number of fused-ring (bicyclic) bond motifs is 5. The van der Waals surface area contributed by atoms with Gasteiger partial charge in [0, 0.05) is 5.69 Å². The SMILES string of the molecule is COC(=O)Nc1ccc(S(=O)(=O)N2CC[NH+](CCN3C(=O)[C@@H]4[C@H](C3=O)[C@H]3C=C[C@@H]4C3)CC2)cc1. The first-order valence-corrected chi connectivity index (χ1v) is 13.1. The topological polar surface area (TPSA) is 118 Å². The average Bonchev–Trinajstić information content (AvgIpc) is 3.52. The lowest BCUT2D eigenvalue weighted by atomic mass is 9.85. The van der Waals surface area contributed by atoms with Crippen molar-refractivity contribution in [2.75, 3.05) is 51.7 Å². The third kappa shape index (κ3) is 3.91. The zero-order valence-corrected chi connectivity index (χ0v) is 19.8. The van der Waals surface area contributed by atoms with Crippen molar-refractivity contribution in [1.82, 2.24) is 9.21 Å². The first kappa shape index (κ1) is 23.0. The number of carbonyl (C=O) groups is 3. The van der Waals surface area contributed by atoms with E-state index in [-0.39, 0.29) is 40.4 Å². The molecule has 2 aliphatic carbocycles. The third-order valence-electron chi connectivity index (χ3n) is 7.60. The van der Waals surface area contributed by atoms with Gasteiger partial charge >= 0.3 is 6.09 Å². The molecular formula is C23H29N4O6S+. The zero-order chi connectivity index (χ0) is 24.0. The van der Waals surface area contributed by atoms with Gasteiger partial charge in [0.2, 0.25) is 21.8 Å². The lowest BCUT2D eigenvalue weighted by Crippen LogP contribution is -3.15. The lowest BCUT2D eigenvalue weighted by Gasteiger charge is -2.32. The smallest absolute Gasteiger partial charge is 0.411 e. The van der Waals surface area contributed by atoms with Gasteiger partial charge in [-0.05, 0) is 42.5 Å². The Balaban J connectivity index is 1.13. The summed E-state index contributed by atoms with van der Waals surface area (Å²) in [6.45, 7) is 2.96. The molecule has 34 heavy (non-hydrogen) atoms. The summed E-state index contributed by atoms with van der Waals surface area (Å²) >= 11 is 0. The van der Waals surface area contributed by atoms with Crippen LogP contribution in [0, 0.1) is 23.7 Å². The quantitative estimate of drug-likeness (QED) is 0.413. The van der Waals surface area contributed by atoms with E-state index in [1.54, 1.807) is 0 Å².